The van der Waals surface area contributed by atoms with Gasteiger partial charge in [0.05, 0.1) is 5.69 Å². The Hall–Kier alpha value is -1.63. The molecule has 0 spiro atoms. The first kappa shape index (κ1) is 17.7. The van der Waals surface area contributed by atoms with Crippen molar-refractivity contribution in [1.82, 2.24) is 15.2 Å². The van der Waals surface area contributed by atoms with Crippen LogP contribution in [0.1, 0.15) is 20.4 Å². The van der Waals surface area contributed by atoms with Crippen LogP contribution in [0.3, 0.4) is 0 Å². The van der Waals surface area contributed by atoms with Crippen LogP contribution in [-0.2, 0) is 6.61 Å². The second-order valence-electron chi connectivity index (χ2n) is 5.09. The third kappa shape index (κ3) is 4.92. The predicted octanol–water partition coefficient (Wildman–Crippen LogP) is 2.98. The third-order valence-electron chi connectivity index (χ3n) is 3.25. The fraction of sp³-hybridized carbons (Fsp3) is 0.375. The number of rotatable bonds is 7. The summed E-state index contributed by atoms with van der Waals surface area (Å²) in [4.78, 5) is 19.2. The molecule has 5 nitrogen and oxygen atoms in total. The molecule has 2 rings (SSSR count). The van der Waals surface area contributed by atoms with Crippen LogP contribution in [0.25, 0.3) is 0 Å². The highest BCUT2D eigenvalue weighted by Crippen LogP contribution is 2.22. The summed E-state index contributed by atoms with van der Waals surface area (Å²) in [5.74, 6) is 0.717. The minimum Gasteiger partial charge on any atom is -0.486 e. The van der Waals surface area contributed by atoms with E-state index in [0.717, 1.165) is 23.0 Å². The molecule has 0 saturated heterocycles. The summed E-state index contributed by atoms with van der Waals surface area (Å²) < 4.78 is 5.67. The Morgan fingerprint density at radius 2 is 2.09 bits per heavy atom. The molecule has 0 saturated carbocycles. The number of benzene rings is 1. The number of ether oxygens (including phenoxy) is 1. The minimum absolute atomic E-state index is 0.00649. The van der Waals surface area contributed by atoms with Gasteiger partial charge in [-0.15, -0.1) is 11.3 Å². The van der Waals surface area contributed by atoms with Gasteiger partial charge in [0, 0.05) is 25.2 Å². The lowest BCUT2D eigenvalue weighted by molar-refractivity contribution is 0.0800. The van der Waals surface area contributed by atoms with E-state index in [9.17, 15) is 4.79 Å². The minimum atomic E-state index is -0.00649. The van der Waals surface area contributed by atoms with Crippen molar-refractivity contribution in [3.63, 3.8) is 0 Å². The van der Waals surface area contributed by atoms with Crippen molar-refractivity contribution in [1.29, 1.82) is 0 Å². The summed E-state index contributed by atoms with van der Waals surface area (Å²) in [7, 11) is 3.66. The number of aromatic nitrogens is 1. The van der Waals surface area contributed by atoms with E-state index < -0.39 is 0 Å². The fourth-order valence-corrected chi connectivity index (χ4v) is 3.04. The number of halogens is 1. The van der Waals surface area contributed by atoms with Crippen molar-refractivity contribution in [2.75, 3.05) is 27.2 Å². The van der Waals surface area contributed by atoms with Crippen LogP contribution in [-0.4, -0.2) is 43.0 Å². The second kappa shape index (κ2) is 8.29. The maximum absolute atomic E-state index is 12.4. The molecule has 1 aromatic carbocycles. The van der Waals surface area contributed by atoms with Gasteiger partial charge in [0.15, 0.2) is 0 Å². The lowest BCUT2D eigenvalue weighted by Gasteiger charge is -2.15. The molecule has 124 valence electrons. The van der Waals surface area contributed by atoms with Gasteiger partial charge < -0.3 is 15.0 Å². The second-order valence-corrected chi connectivity index (χ2v) is 6.62. The molecule has 1 N–H and O–H groups in total. The maximum atomic E-state index is 12.4. The Labute approximate surface area is 145 Å². The molecule has 2 aromatic rings. The Kier molecular flexibility index (Phi) is 6.38. The van der Waals surface area contributed by atoms with Gasteiger partial charge in [-0.1, -0.05) is 11.6 Å². The summed E-state index contributed by atoms with van der Waals surface area (Å²) in [6, 6.07) is 7.16. The summed E-state index contributed by atoms with van der Waals surface area (Å²) in [6.45, 7) is 3.60. The quantitative estimate of drug-likeness (QED) is 0.831. The number of hydrogen-bond donors (Lipinski definition) is 1. The zero-order valence-corrected chi connectivity index (χ0v) is 15.0. The number of nitrogens with one attached hydrogen (secondary N) is 1. The first-order valence-corrected chi connectivity index (χ1v) is 8.45. The SMILES string of the molecule is CNCCN(C)C(=O)c1sc(COc2ccc(Cl)cc2)nc1C. The lowest BCUT2D eigenvalue weighted by Crippen LogP contribution is -2.32. The van der Waals surface area contributed by atoms with E-state index in [1.807, 2.05) is 14.0 Å². The molecular weight excluding hydrogens is 334 g/mol. The number of amides is 1. The molecule has 0 aliphatic carbocycles. The highest BCUT2D eigenvalue weighted by Gasteiger charge is 2.18. The van der Waals surface area contributed by atoms with Crippen LogP contribution in [0.2, 0.25) is 5.02 Å². The zero-order valence-electron chi connectivity index (χ0n) is 13.4. The van der Waals surface area contributed by atoms with Crippen molar-refractivity contribution in [2.24, 2.45) is 0 Å². The highest BCUT2D eigenvalue weighted by atomic mass is 35.5. The van der Waals surface area contributed by atoms with E-state index in [0.29, 0.717) is 23.1 Å². The van der Waals surface area contributed by atoms with Crippen LogP contribution < -0.4 is 10.1 Å². The molecule has 0 fully saturated rings. The van der Waals surface area contributed by atoms with Crippen molar-refractivity contribution in [3.8, 4) is 5.75 Å². The number of likely N-dealkylation sites (N-methyl/N-ethyl adjacent to an activating group) is 2. The average Bonchev–Trinajstić information content (AvgIpc) is 2.92. The first-order valence-electron chi connectivity index (χ1n) is 7.26. The molecule has 1 amide bonds. The maximum Gasteiger partial charge on any atom is 0.265 e. The molecule has 0 atom stereocenters. The third-order valence-corrected chi connectivity index (χ3v) is 4.63. The van der Waals surface area contributed by atoms with E-state index >= 15 is 0 Å². The van der Waals surface area contributed by atoms with Crippen molar-refractivity contribution >= 4 is 28.8 Å². The van der Waals surface area contributed by atoms with Gasteiger partial charge in [0.2, 0.25) is 0 Å². The lowest BCUT2D eigenvalue weighted by atomic mass is 10.3. The average molecular weight is 354 g/mol. The van der Waals surface area contributed by atoms with Crippen molar-refractivity contribution in [2.45, 2.75) is 13.5 Å². The Morgan fingerprint density at radius 1 is 1.39 bits per heavy atom. The summed E-state index contributed by atoms with van der Waals surface area (Å²) in [5.41, 5.74) is 0.742. The van der Waals surface area contributed by atoms with Crippen LogP contribution in [0.15, 0.2) is 24.3 Å². The smallest absolute Gasteiger partial charge is 0.265 e. The fourth-order valence-electron chi connectivity index (χ4n) is 1.94. The van der Waals surface area contributed by atoms with Crippen LogP contribution in [0.4, 0.5) is 0 Å². The van der Waals surface area contributed by atoms with E-state index in [2.05, 4.69) is 10.3 Å². The topological polar surface area (TPSA) is 54.5 Å². The highest BCUT2D eigenvalue weighted by molar-refractivity contribution is 7.13. The van der Waals surface area contributed by atoms with Gasteiger partial charge in [-0.25, -0.2) is 4.98 Å². The van der Waals surface area contributed by atoms with Gasteiger partial charge in [-0.2, -0.15) is 0 Å². The van der Waals surface area contributed by atoms with Gasteiger partial charge >= 0.3 is 0 Å². The predicted molar refractivity (Wildman–Crippen MR) is 93.5 cm³/mol. The molecular formula is C16H20ClN3O2S. The van der Waals surface area contributed by atoms with Crippen molar-refractivity contribution < 1.29 is 9.53 Å². The molecule has 0 unspecified atom stereocenters. The standard InChI is InChI=1S/C16H20ClN3O2S/c1-11-15(16(21)20(3)9-8-18-2)23-14(19-11)10-22-13-6-4-12(17)5-7-13/h4-7,18H,8-10H2,1-3H3. The van der Waals surface area contributed by atoms with Gasteiger partial charge in [-0.05, 0) is 38.2 Å². The summed E-state index contributed by atoms with van der Waals surface area (Å²) in [6.07, 6.45) is 0. The first-order chi connectivity index (χ1) is 11.0. The van der Waals surface area contributed by atoms with E-state index in [-0.39, 0.29) is 5.91 Å². The van der Waals surface area contributed by atoms with Crippen LogP contribution in [0, 0.1) is 6.92 Å². The molecule has 1 aromatic heterocycles. The molecule has 0 aliphatic heterocycles. The van der Waals surface area contributed by atoms with Gasteiger partial charge in [0.25, 0.3) is 5.91 Å². The van der Waals surface area contributed by atoms with Crippen LogP contribution >= 0.6 is 22.9 Å². The van der Waals surface area contributed by atoms with E-state index in [4.69, 9.17) is 16.3 Å². The van der Waals surface area contributed by atoms with E-state index in [1.165, 1.54) is 11.3 Å². The molecule has 0 bridgehead atoms. The van der Waals surface area contributed by atoms with E-state index in [1.54, 1.807) is 36.2 Å². The number of aryl methyl sites for hydroxylation is 1. The van der Waals surface area contributed by atoms with Crippen LogP contribution in [0.5, 0.6) is 5.75 Å². The Balaban J connectivity index is 1.99. The Bertz CT molecular complexity index is 658. The van der Waals surface area contributed by atoms with Crippen molar-refractivity contribution in [3.05, 3.63) is 44.9 Å². The summed E-state index contributed by atoms with van der Waals surface area (Å²) in [5, 5.41) is 4.48. The molecule has 0 aliphatic rings. The zero-order chi connectivity index (χ0) is 16.8. The monoisotopic (exact) mass is 353 g/mol. The Morgan fingerprint density at radius 3 is 2.74 bits per heavy atom. The molecule has 7 heteroatoms. The number of nitrogens with zero attached hydrogens (tertiary/aromatic N) is 2. The molecule has 23 heavy (non-hydrogen) atoms. The summed E-state index contributed by atoms with van der Waals surface area (Å²) >= 11 is 7.22. The molecule has 1 heterocycles. The van der Waals surface area contributed by atoms with Gasteiger partial charge in [-0.3, -0.25) is 4.79 Å². The number of carbonyl (C=O) groups is 1. The normalized spacial score (nSPS) is 10.6. The number of hydrogen-bond acceptors (Lipinski definition) is 5. The number of thiazole rings is 1. The molecule has 0 radical (unpaired) electrons. The van der Waals surface area contributed by atoms with Gasteiger partial charge in [0.1, 0.15) is 22.2 Å². The number of carbonyl (C=O) groups excluding carboxylic acids is 1. The largest absolute Gasteiger partial charge is 0.486 e.